The highest BCUT2D eigenvalue weighted by atomic mass is 32.2. The van der Waals surface area contributed by atoms with Crippen molar-refractivity contribution in [3.63, 3.8) is 0 Å². The number of amides is 1. The van der Waals surface area contributed by atoms with Crippen molar-refractivity contribution in [2.24, 2.45) is 0 Å². The second-order valence-corrected chi connectivity index (χ2v) is 8.37. The number of carbonyl (C=O) groups is 3. The van der Waals surface area contributed by atoms with Gasteiger partial charge in [-0.3, -0.25) is 9.59 Å². The van der Waals surface area contributed by atoms with Crippen molar-refractivity contribution in [2.75, 3.05) is 46.1 Å². The Bertz CT molecular complexity index is 470. The average molecular weight is 429 g/mol. The van der Waals surface area contributed by atoms with Crippen LogP contribution in [0.5, 0.6) is 0 Å². The molecule has 168 valence electrons. The predicted molar refractivity (Wildman–Crippen MR) is 121 cm³/mol. The van der Waals surface area contributed by atoms with E-state index in [1.807, 2.05) is 25.1 Å². The second kappa shape index (κ2) is 20.0. The fraction of sp³-hybridized carbons (Fsp3) is 0.773. The number of esters is 1. The van der Waals surface area contributed by atoms with Crippen LogP contribution in [-0.4, -0.2) is 73.4 Å². The molecule has 0 unspecified atom stereocenters. The summed E-state index contributed by atoms with van der Waals surface area (Å²) in [6, 6.07) is 0. The predicted octanol–water partition coefficient (Wildman–Crippen LogP) is 4.53. The third kappa shape index (κ3) is 18.4. The summed E-state index contributed by atoms with van der Waals surface area (Å²) in [7, 11) is 3.94. The lowest BCUT2D eigenvalue weighted by Crippen LogP contribution is -2.31. The number of hydrogen-bond acceptors (Lipinski definition) is 6. The number of thioether (sulfide) groups is 1. The molecule has 0 aromatic heterocycles. The number of aldehydes is 1. The molecular weight excluding hydrogens is 388 g/mol. The van der Waals surface area contributed by atoms with Gasteiger partial charge in [-0.05, 0) is 39.8 Å². The molecule has 0 heterocycles. The molecule has 1 amide bonds. The van der Waals surface area contributed by atoms with E-state index in [4.69, 9.17) is 4.74 Å². The minimum absolute atomic E-state index is 0.0112. The smallest absolute Gasteiger partial charge is 0.306 e. The van der Waals surface area contributed by atoms with Gasteiger partial charge < -0.3 is 19.3 Å². The summed E-state index contributed by atoms with van der Waals surface area (Å²) in [5, 5.41) is 0.0112. The number of carbonyl (C=O) groups excluding carboxylic acids is 3. The normalized spacial score (nSPS) is 11.2. The van der Waals surface area contributed by atoms with Crippen LogP contribution in [0.15, 0.2) is 12.2 Å². The van der Waals surface area contributed by atoms with Gasteiger partial charge in [0.15, 0.2) is 0 Å². The van der Waals surface area contributed by atoms with Gasteiger partial charge in [0.05, 0.1) is 0 Å². The summed E-state index contributed by atoms with van der Waals surface area (Å²) in [6.45, 7) is 4.39. The van der Waals surface area contributed by atoms with Gasteiger partial charge in [0.2, 0.25) is 0 Å². The van der Waals surface area contributed by atoms with E-state index in [-0.39, 0.29) is 11.2 Å². The third-order valence-electron chi connectivity index (χ3n) is 4.31. The number of nitrogens with zero attached hydrogens (tertiary/aromatic N) is 2. The molecule has 0 N–H and O–H groups in total. The summed E-state index contributed by atoms with van der Waals surface area (Å²) < 4.78 is 5.22. The SMILES string of the molecule is CCCCCC/C=C\COC(=O)CCCN(CCCC=O)C(=O)SCCN(C)C. The van der Waals surface area contributed by atoms with Crippen LogP contribution in [-0.2, 0) is 14.3 Å². The van der Waals surface area contributed by atoms with Gasteiger partial charge in [-0.1, -0.05) is 50.1 Å². The Labute approximate surface area is 181 Å². The maximum atomic E-state index is 12.4. The minimum Gasteiger partial charge on any atom is -0.461 e. The van der Waals surface area contributed by atoms with Gasteiger partial charge in [0, 0.05) is 38.2 Å². The Hall–Kier alpha value is -1.34. The van der Waals surface area contributed by atoms with Gasteiger partial charge in [-0.25, -0.2) is 0 Å². The third-order valence-corrected chi connectivity index (χ3v) is 5.20. The molecule has 6 nitrogen and oxygen atoms in total. The van der Waals surface area contributed by atoms with E-state index >= 15 is 0 Å². The standard InChI is InChI=1S/C22H40N2O4S/c1-4-5-6-7-8-9-12-19-28-21(26)14-13-16-24(15-10-11-18-25)22(27)29-20-17-23(2)3/h9,12,18H,4-8,10-11,13-17,19-20H2,1-3H3/b12-9-. The van der Waals surface area contributed by atoms with E-state index in [9.17, 15) is 14.4 Å². The van der Waals surface area contributed by atoms with Crippen LogP contribution >= 0.6 is 11.8 Å². The van der Waals surface area contributed by atoms with Crippen molar-refractivity contribution in [2.45, 2.75) is 64.7 Å². The summed E-state index contributed by atoms with van der Waals surface area (Å²) >= 11 is 1.29. The first kappa shape index (κ1) is 27.7. The molecule has 0 rings (SSSR count). The number of ether oxygens (including phenoxy) is 1. The zero-order valence-corrected chi connectivity index (χ0v) is 19.4. The number of allylic oxidation sites excluding steroid dienone is 1. The quantitative estimate of drug-likeness (QED) is 0.138. The highest BCUT2D eigenvalue weighted by Gasteiger charge is 2.14. The molecule has 0 aliphatic rings. The van der Waals surface area contributed by atoms with Gasteiger partial charge >= 0.3 is 5.97 Å². The second-order valence-electron chi connectivity index (χ2n) is 7.32. The fourth-order valence-corrected chi connectivity index (χ4v) is 3.57. The molecule has 0 bridgehead atoms. The first-order valence-corrected chi connectivity index (χ1v) is 11.8. The van der Waals surface area contributed by atoms with Crippen molar-refractivity contribution in [3.05, 3.63) is 12.2 Å². The van der Waals surface area contributed by atoms with E-state index in [1.165, 1.54) is 37.4 Å². The van der Waals surface area contributed by atoms with Crippen molar-refractivity contribution in [3.8, 4) is 0 Å². The lowest BCUT2D eigenvalue weighted by atomic mass is 10.1. The topological polar surface area (TPSA) is 66.9 Å². The Kier molecular flexibility index (Phi) is 19.0. The molecular formula is C22H40N2O4S. The lowest BCUT2D eigenvalue weighted by Gasteiger charge is -2.22. The van der Waals surface area contributed by atoms with Crippen molar-refractivity contribution >= 4 is 29.3 Å². The maximum absolute atomic E-state index is 12.4. The zero-order valence-electron chi connectivity index (χ0n) is 18.6. The number of unbranched alkanes of at least 4 members (excludes halogenated alkanes) is 5. The van der Waals surface area contributed by atoms with Crippen LogP contribution in [0.4, 0.5) is 4.79 Å². The Morgan fingerprint density at radius 3 is 2.38 bits per heavy atom. The molecule has 7 heteroatoms. The zero-order chi connectivity index (χ0) is 21.7. The van der Waals surface area contributed by atoms with Crippen molar-refractivity contribution in [1.29, 1.82) is 0 Å². The van der Waals surface area contributed by atoms with Crippen LogP contribution in [0.3, 0.4) is 0 Å². The summed E-state index contributed by atoms with van der Waals surface area (Å²) in [6.07, 6.45) is 12.8. The lowest BCUT2D eigenvalue weighted by molar-refractivity contribution is -0.142. The van der Waals surface area contributed by atoms with E-state index in [0.29, 0.717) is 45.4 Å². The Morgan fingerprint density at radius 2 is 1.69 bits per heavy atom. The molecule has 0 spiro atoms. The van der Waals surface area contributed by atoms with Gasteiger partial charge in [-0.15, -0.1) is 0 Å². The van der Waals surface area contributed by atoms with Crippen LogP contribution < -0.4 is 0 Å². The molecule has 0 radical (unpaired) electrons. The van der Waals surface area contributed by atoms with Crippen molar-refractivity contribution < 1.29 is 19.1 Å². The van der Waals surface area contributed by atoms with Crippen LogP contribution in [0.25, 0.3) is 0 Å². The average Bonchev–Trinajstić information content (AvgIpc) is 2.68. The largest absolute Gasteiger partial charge is 0.461 e. The van der Waals surface area contributed by atoms with E-state index in [0.717, 1.165) is 25.0 Å². The molecule has 0 aromatic rings. The van der Waals surface area contributed by atoms with E-state index < -0.39 is 0 Å². The van der Waals surface area contributed by atoms with E-state index in [2.05, 4.69) is 13.0 Å². The molecule has 0 fully saturated rings. The number of hydrogen-bond donors (Lipinski definition) is 0. The first-order chi connectivity index (χ1) is 14.0. The fourth-order valence-electron chi connectivity index (χ4n) is 2.57. The highest BCUT2D eigenvalue weighted by molar-refractivity contribution is 8.13. The Balaban J connectivity index is 4.07. The van der Waals surface area contributed by atoms with Gasteiger partial charge in [-0.2, -0.15) is 0 Å². The molecule has 0 aromatic carbocycles. The van der Waals surface area contributed by atoms with Crippen LogP contribution in [0.1, 0.15) is 64.7 Å². The molecule has 0 aliphatic heterocycles. The monoisotopic (exact) mass is 428 g/mol. The minimum atomic E-state index is -0.235. The molecule has 0 saturated heterocycles. The van der Waals surface area contributed by atoms with E-state index in [1.54, 1.807) is 4.90 Å². The maximum Gasteiger partial charge on any atom is 0.306 e. The van der Waals surface area contributed by atoms with Gasteiger partial charge in [0.1, 0.15) is 12.9 Å². The van der Waals surface area contributed by atoms with Crippen LogP contribution in [0, 0.1) is 0 Å². The van der Waals surface area contributed by atoms with Crippen LogP contribution in [0.2, 0.25) is 0 Å². The summed E-state index contributed by atoms with van der Waals surface area (Å²) in [4.78, 5) is 38.6. The molecule has 29 heavy (non-hydrogen) atoms. The molecule has 0 aliphatic carbocycles. The van der Waals surface area contributed by atoms with Gasteiger partial charge in [0.25, 0.3) is 5.24 Å². The summed E-state index contributed by atoms with van der Waals surface area (Å²) in [5.41, 5.74) is 0. The highest BCUT2D eigenvalue weighted by Crippen LogP contribution is 2.12. The van der Waals surface area contributed by atoms with Crippen molar-refractivity contribution in [1.82, 2.24) is 9.80 Å². The number of rotatable bonds is 18. The molecule has 0 saturated carbocycles. The summed E-state index contributed by atoms with van der Waals surface area (Å²) in [5.74, 6) is 0.490. The first-order valence-electron chi connectivity index (χ1n) is 10.8. The molecule has 0 atom stereocenters. The Morgan fingerprint density at radius 1 is 0.931 bits per heavy atom.